The maximum absolute atomic E-state index is 12.2. The molecule has 0 radical (unpaired) electrons. The van der Waals surface area contributed by atoms with Crippen LogP contribution in [-0.4, -0.2) is 5.91 Å². The number of nitrogens with one attached hydrogen (secondary N) is 1. The molecule has 0 fully saturated rings. The molecule has 2 aromatic rings. The Bertz CT molecular complexity index is 640. The molecule has 2 rings (SSSR count). The van der Waals surface area contributed by atoms with E-state index in [0.717, 1.165) is 20.4 Å². The summed E-state index contributed by atoms with van der Waals surface area (Å²) in [6.07, 6.45) is 0. The van der Waals surface area contributed by atoms with Gasteiger partial charge in [0.05, 0.1) is 0 Å². The molecule has 0 unspecified atom stereocenters. The highest BCUT2D eigenvalue weighted by atomic mass is 127. The smallest absolute Gasteiger partial charge is 0.255 e. The first-order valence-electron chi connectivity index (χ1n) is 5.81. The average Bonchev–Trinajstić information content (AvgIpc) is 2.37. The molecule has 0 heterocycles. The third-order valence-corrected chi connectivity index (χ3v) is 3.96. The van der Waals surface area contributed by atoms with E-state index in [-0.39, 0.29) is 5.91 Å². The number of anilines is 1. The molecule has 0 bridgehead atoms. The van der Waals surface area contributed by atoms with Gasteiger partial charge in [0.2, 0.25) is 0 Å². The van der Waals surface area contributed by atoms with E-state index in [1.807, 2.05) is 32.0 Å². The molecule has 1 amide bonds. The van der Waals surface area contributed by atoms with Crippen molar-refractivity contribution in [2.24, 2.45) is 0 Å². The van der Waals surface area contributed by atoms with E-state index < -0.39 is 0 Å². The quantitative estimate of drug-likeness (QED) is 0.738. The summed E-state index contributed by atoms with van der Waals surface area (Å²) in [7, 11) is 0. The van der Waals surface area contributed by atoms with Gasteiger partial charge in [-0.25, -0.2) is 0 Å². The van der Waals surface area contributed by atoms with Crippen LogP contribution in [0.1, 0.15) is 21.5 Å². The van der Waals surface area contributed by atoms with Gasteiger partial charge in [-0.2, -0.15) is 0 Å². The number of benzene rings is 2. The van der Waals surface area contributed by atoms with Gasteiger partial charge in [-0.3, -0.25) is 4.79 Å². The summed E-state index contributed by atoms with van der Waals surface area (Å²) in [4.78, 5) is 12.2. The second-order valence-corrected chi connectivity index (χ2v) is 6.03. The van der Waals surface area contributed by atoms with Crippen molar-refractivity contribution in [2.45, 2.75) is 13.8 Å². The topological polar surface area (TPSA) is 29.1 Å². The molecule has 19 heavy (non-hydrogen) atoms. The Hall–Kier alpha value is -1.07. The summed E-state index contributed by atoms with van der Waals surface area (Å²) in [5.41, 5.74) is 3.39. The minimum Gasteiger partial charge on any atom is -0.322 e. The minimum atomic E-state index is -0.120. The third-order valence-electron chi connectivity index (χ3n) is 2.87. The van der Waals surface area contributed by atoms with Gasteiger partial charge in [0.25, 0.3) is 5.91 Å². The lowest BCUT2D eigenvalue weighted by Crippen LogP contribution is -2.13. The van der Waals surface area contributed by atoms with Crippen LogP contribution in [0.5, 0.6) is 0 Å². The molecule has 0 saturated heterocycles. The summed E-state index contributed by atoms with van der Waals surface area (Å²) < 4.78 is 1.09. The summed E-state index contributed by atoms with van der Waals surface area (Å²) in [5, 5.41) is 3.60. The van der Waals surface area contributed by atoms with Crippen molar-refractivity contribution < 1.29 is 4.79 Å². The highest BCUT2D eigenvalue weighted by Crippen LogP contribution is 2.20. The van der Waals surface area contributed by atoms with Crippen LogP contribution in [0.15, 0.2) is 36.4 Å². The van der Waals surface area contributed by atoms with Crippen LogP contribution in [0.25, 0.3) is 0 Å². The van der Waals surface area contributed by atoms with Gasteiger partial charge >= 0.3 is 0 Å². The van der Waals surface area contributed by atoms with Crippen molar-refractivity contribution in [3.63, 3.8) is 0 Å². The molecule has 0 aliphatic carbocycles. The predicted octanol–water partition coefficient (Wildman–Crippen LogP) is 4.81. The molecule has 2 nitrogen and oxygen atoms in total. The van der Waals surface area contributed by atoms with Crippen LogP contribution < -0.4 is 5.32 Å². The Morgan fingerprint density at radius 1 is 1.11 bits per heavy atom. The van der Waals surface area contributed by atoms with Gasteiger partial charge < -0.3 is 5.32 Å². The molecule has 0 aliphatic heterocycles. The lowest BCUT2D eigenvalue weighted by atomic mass is 10.1. The van der Waals surface area contributed by atoms with Crippen molar-refractivity contribution in [1.29, 1.82) is 0 Å². The summed E-state index contributed by atoms with van der Waals surface area (Å²) >= 11 is 8.18. The highest BCUT2D eigenvalue weighted by molar-refractivity contribution is 14.1. The first kappa shape index (κ1) is 14.3. The van der Waals surface area contributed by atoms with E-state index in [9.17, 15) is 4.79 Å². The summed E-state index contributed by atoms with van der Waals surface area (Å²) in [5.74, 6) is -0.120. The molecule has 98 valence electrons. The fourth-order valence-corrected chi connectivity index (χ4v) is 2.32. The van der Waals surface area contributed by atoms with Crippen LogP contribution in [-0.2, 0) is 0 Å². The standard InChI is InChI=1S/C15H13ClINO/c1-9-3-5-12(17)8-14(9)18-15(19)11-4-6-13(16)10(2)7-11/h3-8H,1-2H3,(H,18,19). The van der Waals surface area contributed by atoms with E-state index in [1.165, 1.54) is 0 Å². The Morgan fingerprint density at radius 2 is 1.84 bits per heavy atom. The monoisotopic (exact) mass is 385 g/mol. The van der Waals surface area contributed by atoms with Crippen LogP contribution in [0.3, 0.4) is 0 Å². The molecule has 0 saturated carbocycles. The average molecular weight is 386 g/mol. The van der Waals surface area contributed by atoms with E-state index in [1.54, 1.807) is 18.2 Å². The van der Waals surface area contributed by atoms with Gasteiger partial charge in [0.1, 0.15) is 0 Å². The molecule has 0 aliphatic rings. The fourth-order valence-electron chi connectivity index (χ4n) is 1.71. The van der Waals surface area contributed by atoms with Crippen molar-refractivity contribution in [1.82, 2.24) is 0 Å². The van der Waals surface area contributed by atoms with Crippen LogP contribution in [0.4, 0.5) is 5.69 Å². The zero-order valence-electron chi connectivity index (χ0n) is 10.6. The highest BCUT2D eigenvalue weighted by Gasteiger charge is 2.09. The first-order chi connectivity index (χ1) is 8.97. The third kappa shape index (κ3) is 3.48. The number of aryl methyl sites for hydroxylation is 2. The number of hydrogen-bond donors (Lipinski definition) is 1. The molecule has 0 atom stereocenters. The van der Waals surface area contributed by atoms with Crippen molar-refractivity contribution >= 4 is 45.8 Å². The number of rotatable bonds is 2. The van der Waals surface area contributed by atoms with Gasteiger partial charge in [0, 0.05) is 19.8 Å². The van der Waals surface area contributed by atoms with E-state index in [2.05, 4.69) is 27.9 Å². The Balaban J connectivity index is 2.25. The van der Waals surface area contributed by atoms with Gasteiger partial charge in [-0.05, 0) is 77.9 Å². The normalized spacial score (nSPS) is 10.3. The molecular formula is C15H13ClINO. The summed E-state index contributed by atoms with van der Waals surface area (Å²) in [6.45, 7) is 3.86. The lowest BCUT2D eigenvalue weighted by Gasteiger charge is -2.09. The Morgan fingerprint density at radius 3 is 2.53 bits per heavy atom. The maximum atomic E-state index is 12.2. The number of amides is 1. The number of carbonyl (C=O) groups excluding carboxylic acids is 1. The largest absolute Gasteiger partial charge is 0.322 e. The second kappa shape index (κ2) is 5.92. The Kier molecular flexibility index (Phi) is 4.47. The van der Waals surface area contributed by atoms with Gasteiger partial charge in [-0.15, -0.1) is 0 Å². The maximum Gasteiger partial charge on any atom is 0.255 e. The van der Waals surface area contributed by atoms with Crippen molar-refractivity contribution in [3.8, 4) is 0 Å². The zero-order chi connectivity index (χ0) is 14.0. The van der Waals surface area contributed by atoms with E-state index in [0.29, 0.717) is 10.6 Å². The zero-order valence-corrected chi connectivity index (χ0v) is 13.5. The van der Waals surface area contributed by atoms with E-state index in [4.69, 9.17) is 11.6 Å². The number of halogens is 2. The molecule has 1 N–H and O–H groups in total. The SMILES string of the molecule is Cc1cc(C(=O)Nc2cc(I)ccc2C)ccc1Cl. The molecule has 2 aromatic carbocycles. The van der Waals surface area contributed by atoms with Crippen LogP contribution in [0.2, 0.25) is 5.02 Å². The minimum absolute atomic E-state index is 0.120. The number of carbonyl (C=O) groups is 1. The Labute approximate surface area is 131 Å². The van der Waals surface area contributed by atoms with Crippen molar-refractivity contribution in [2.75, 3.05) is 5.32 Å². The summed E-state index contributed by atoms with van der Waals surface area (Å²) in [6, 6.07) is 11.2. The van der Waals surface area contributed by atoms with Gasteiger partial charge in [0.15, 0.2) is 0 Å². The van der Waals surface area contributed by atoms with Crippen LogP contribution >= 0.6 is 34.2 Å². The lowest BCUT2D eigenvalue weighted by molar-refractivity contribution is 0.102. The molecule has 0 spiro atoms. The molecular weight excluding hydrogens is 373 g/mol. The van der Waals surface area contributed by atoms with Crippen LogP contribution in [0, 0.1) is 17.4 Å². The molecule has 4 heteroatoms. The number of hydrogen-bond acceptors (Lipinski definition) is 1. The second-order valence-electron chi connectivity index (χ2n) is 4.38. The van der Waals surface area contributed by atoms with E-state index >= 15 is 0 Å². The fraction of sp³-hybridized carbons (Fsp3) is 0.133. The predicted molar refractivity (Wildman–Crippen MR) is 88.0 cm³/mol. The first-order valence-corrected chi connectivity index (χ1v) is 7.26. The van der Waals surface area contributed by atoms with Crippen molar-refractivity contribution in [3.05, 3.63) is 61.7 Å². The van der Waals surface area contributed by atoms with Gasteiger partial charge in [-0.1, -0.05) is 17.7 Å². The molecule has 0 aromatic heterocycles.